The molecule has 0 saturated carbocycles. The number of carbonyl (C=O) groups is 1. The van der Waals surface area contributed by atoms with Crippen LogP contribution in [-0.4, -0.2) is 16.7 Å². The lowest BCUT2D eigenvalue weighted by molar-refractivity contribution is 0.105. The lowest BCUT2D eigenvalue weighted by Crippen LogP contribution is -2.06. The van der Waals surface area contributed by atoms with Gasteiger partial charge in [-0.2, -0.15) is 0 Å². The predicted molar refractivity (Wildman–Crippen MR) is 106 cm³/mol. The molecule has 5 heteroatoms. The highest BCUT2D eigenvalue weighted by atomic mass is 79.9. The molecule has 0 amide bonds. The summed E-state index contributed by atoms with van der Waals surface area (Å²) in [6.07, 6.45) is 1.63. The summed E-state index contributed by atoms with van der Waals surface area (Å²) >= 11 is 4.84. The summed E-state index contributed by atoms with van der Waals surface area (Å²) < 4.78 is 0.924. The van der Waals surface area contributed by atoms with E-state index in [-0.39, 0.29) is 5.78 Å². The lowest BCUT2D eigenvalue weighted by atomic mass is 9.95. The van der Waals surface area contributed by atoms with Gasteiger partial charge in [-0.3, -0.25) is 4.79 Å². The summed E-state index contributed by atoms with van der Waals surface area (Å²) in [6.45, 7) is 0. The molecule has 1 N–H and O–H groups in total. The van der Waals surface area contributed by atoms with Crippen molar-refractivity contribution in [3.05, 3.63) is 98.7 Å². The summed E-state index contributed by atoms with van der Waals surface area (Å²) in [6, 6.07) is 22.2. The Morgan fingerprint density at radius 2 is 1.52 bits per heavy atom. The Morgan fingerprint density at radius 3 is 2.04 bits per heavy atom. The van der Waals surface area contributed by atoms with Crippen molar-refractivity contribution in [2.45, 2.75) is 0 Å². The number of oxime groups is 1. The quantitative estimate of drug-likeness (QED) is 0.193. The van der Waals surface area contributed by atoms with Crippen LogP contribution in [0.3, 0.4) is 0 Å². The number of allylic oxidation sites excluding steroid dienone is 2. The number of carbonyl (C=O) groups excluding carboxylic acids is 1. The van der Waals surface area contributed by atoms with E-state index in [1.54, 1.807) is 18.2 Å². The average molecular weight is 412 g/mol. The molecule has 0 radical (unpaired) electrons. The number of Topliss-reactive ketones (excluding diaryl/α,β-unsaturated/α-hetero) is 1. The van der Waals surface area contributed by atoms with Gasteiger partial charge in [0.25, 0.3) is 0 Å². The lowest BCUT2D eigenvalue weighted by Gasteiger charge is -2.08. The van der Waals surface area contributed by atoms with Crippen molar-refractivity contribution in [1.82, 2.24) is 0 Å². The number of halogens is 1. The number of benzene rings is 2. The van der Waals surface area contributed by atoms with E-state index in [1.807, 2.05) is 60.7 Å². The maximum atomic E-state index is 13.0. The molecule has 3 nitrogen and oxygen atoms in total. The van der Waals surface area contributed by atoms with Crippen LogP contribution in [-0.2, 0) is 0 Å². The van der Waals surface area contributed by atoms with Gasteiger partial charge in [-0.25, -0.2) is 0 Å². The molecule has 0 saturated heterocycles. The van der Waals surface area contributed by atoms with Gasteiger partial charge in [0.2, 0.25) is 0 Å². The third-order valence-corrected chi connectivity index (χ3v) is 5.23. The van der Waals surface area contributed by atoms with Crippen LogP contribution in [0.2, 0.25) is 0 Å². The normalized spacial score (nSPS) is 12.2. The molecule has 0 aliphatic heterocycles. The molecule has 0 aliphatic rings. The largest absolute Gasteiger partial charge is 0.410 e. The van der Waals surface area contributed by atoms with Crippen LogP contribution in [0.1, 0.15) is 20.8 Å². The van der Waals surface area contributed by atoms with E-state index >= 15 is 0 Å². The van der Waals surface area contributed by atoms with E-state index in [4.69, 9.17) is 0 Å². The molecule has 0 spiro atoms. The zero-order valence-electron chi connectivity index (χ0n) is 13.1. The van der Waals surface area contributed by atoms with Crippen molar-refractivity contribution in [2.24, 2.45) is 5.16 Å². The standard InChI is InChI=1S/C20H14BrNO2S/c21-19-12-11-18(25-19)17(22-24)13-16(14-7-3-1-4-8-14)20(23)15-9-5-2-6-10-15/h1-13,24H. The van der Waals surface area contributed by atoms with E-state index in [0.29, 0.717) is 16.8 Å². The molecule has 0 fully saturated rings. The Kier molecular flexibility index (Phi) is 5.58. The SMILES string of the molecule is O=C(C(=CC(=NO)c1ccc(Br)s1)c1ccccc1)c1ccccc1. The summed E-state index contributed by atoms with van der Waals surface area (Å²) in [7, 11) is 0. The second-order valence-corrected chi connectivity index (χ2v) is 7.67. The van der Waals surface area contributed by atoms with E-state index < -0.39 is 0 Å². The number of nitrogens with zero attached hydrogens (tertiary/aromatic N) is 1. The highest BCUT2D eigenvalue weighted by Gasteiger charge is 2.16. The maximum Gasteiger partial charge on any atom is 0.193 e. The van der Waals surface area contributed by atoms with Crippen LogP contribution in [0.5, 0.6) is 0 Å². The fraction of sp³-hybridized carbons (Fsp3) is 0. The molecule has 1 aromatic heterocycles. The van der Waals surface area contributed by atoms with E-state index in [0.717, 1.165) is 14.2 Å². The highest BCUT2D eigenvalue weighted by Crippen LogP contribution is 2.26. The minimum absolute atomic E-state index is 0.122. The van der Waals surface area contributed by atoms with Gasteiger partial charge < -0.3 is 5.21 Å². The van der Waals surface area contributed by atoms with E-state index in [2.05, 4.69) is 21.1 Å². The first kappa shape index (κ1) is 17.3. The van der Waals surface area contributed by atoms with Gasteiger partial charge in [0.1, 0.15) is 5.71 Å². The van der Waals surface area contributed by atoms with Crippen LogP contribution < -0.4 is 0 Å². The van der Waals surface area contributed by atoms with Crippen molar-refractivity contribution in [3.63, 3.8) is 0 Å². The predicted octanol–water partition coefficient (Wildman–Crippen LogP) is 5.66. The maximum absolute atomic E-state index is 13.0. The first-order valence-electron chi connectivity index (χ1n) is 7.53. The molecule has 2 aromatic carbocycles. The van der Waals surface area contributed by atoms with Gasteiger partial charge in [0.15, 0.2) is 5.78 Å². The molecule has 0 bridgehead atoms. The van der Waals surface area contributed by atoms with Gasteiger partial charge in [-0.05, 0) is 39.7 Å². The first-order valence-corrected chi connectivity index (χ1v) is 9.14. The summed E-state index contributed by atoms with van der Waals surface area (Å²) in [5, 5.41) is 12.9. The van der Waals surface area contributed by atoms with Crippen molar-refractivity contribution in [1.29, 1.82) is 0 Å². The Balaban J connectivity index is 2.09. The summed E-state index contributed by atoms with van der Waals surface area (Å²) in [5.74, 6) is -0.122. The zero-order chi connectivity index (χ0) is 17.6. The Hall–Kier alpha value is -2.50. The van der Waals surface area contributed by atoms with Crippen molar-refractivity contribution in [3.8, 4) is 0 Å². The van der Waals surface area contributed by atoms with Crippen LogP contribution in [0.15, 0.2) is 87.8 Å². The van der Waals surface area contributed by atoms with Crippen LogP contribution in [0, 0.1) is 0 Å². The average Bonchev–Trinajstić information content (AvgIpc) is 3.10. The van der Waals surface area contributed by atoms with Crippen molar-refractivity contribution in [2.75, 3.05) is 0 Å². The smallest absolute Gasteiger partial charge is 0.193 e. The topological polar surface area (TPSA) is 49.7 Å². The van der Waals surface area contributed by atoms with Crippen molar-refractivity contribution >= 4 is 44.3 Å². The Morgan fingerprint density at radius 1 is 0.920 bits per heavy atom. The monoisotopic (exact) mass is 411 g/mol. The number of hydrogen-bond acceptors (Lipinski definition) is 4. The third-order valence-electron chi connectivity index (χ3n) is 3.58. The highest BCUT2D eigenvalue weighted by molar-refractivity contribution is 9.11. The molecule has 0 unspecified atom stereocenters. The molecule has 124 valence electrons. The number of thiophene rings is 1. The van der Waals surface area contributed by atoms with Gasteiger partial charge in [-0.15, -0.1) is 11.3 Å². The minimum atomic E-state index is -0.122. The second-order valence-electron chi connectivity index (χ2n) is 5.21. The fourth-order valence-electron chi connectivity index (χ4n) is 2.38. The number of ketones is 1. The summed E-state index contributed by atoms with van der Waals surface area (Å²) in [4.78, 5) is 13.8. The van der Waals surface area contributed by atoms with Crippen LogP contribution in [0.4, 0.5) is 0 Å². The molecule has 1 heterocycles. The molecular formula is C20H14BrNO2S. The molecular weight excluding hydrogens is 398 g/mol. The molecule has 0 aliphatic carbocycles. The first-order chi connectivity index (χ1) is 12.2. The molecule has 25 heavy (non-hydrogen) atoms. The van der Waals surface area contributed by atoms with E-state index in [1.165, 1.54) is 11.3 Å². The molecule has 3 aromatic rings. The Bertz CT molecular complexity index is 931. The Labute approximate surface area is 158 Å². The fourth-order valence-corrected chi connectivity index (χ4v) is 3.72. The second kappa shape index (κ2) is 8.05. The minimum Gasteiger partial charge on any atom is -0.410 e. The van der Waals surface area contributed by atoms with Gasteiger partial charge >= 0.3 is 0 Å². The number of rotatable bonds is 5. The van der Waals surface area contributed by atoms with Gasteiger partial charge in [0, 0.05) is 11.1 Å². The van der Waals surface area contributed by atoms with E-state index in [9.17, 15) is 10.0 Å². The third kappa shape index (κ3) is 4.13. The number of hydrogen-bond donors (Lipinski definition) is 1. The summed E-state index contributed by atoms with van der Waals surface area (Å²) in [5.41, 5.74) is 2.18. The van der Waals surface area contributed by atoms with Gasteiger partial charge in [-0.1, -0.05) is 65.8 Å². The molecule has 3 rings (SSSR count). The molecule has 0 atom stereocenters. The van der Waals surface area contributed by atoms with Gasteiger partial charge in [0.05, 0.1) is 8.66 Å². The van der Waals surface area contributed by atoms with Crippen LogP contribution >= 0.6 is 27.3 Å². The van der Waals surface area contributed by atoms with Crippen molar-refractivity contribution < 1.29 is 10.0 Å². The zero-order valence-corrected chi connectivity index (χ0v) is 15.5. The van der Waals surface area contributed by atoms with Crippen LogP contribution in [0.25, 0.3) is 5.57 Å².